The zero-order valence-corrected chi connectivity index (χ0v) is 38.1. The zero-order valence-electron chi connectivity index (χ0n) is 37.2. The second kappa shape index (κ2) is 37.0. The summed E-state index contributed by atoms with van der Waals surface area (Å²) in [6.07, 6.45) is 31.3. The molecule has 13 nitrogen and oxygen atoms in total. The predicted octanol–water partition coefficient (Wildman–Crippen LogP) is 8.94. The highest BCUT2D eigenvalue weighted by Gasteiger charge is 2.51. The van der Waals surface area contributed by atoms with Crippen molar-refractivity contribution < 1.29 is 63.1 Å². The van der Waals surface area contributed by atoms with Crippen molar-refractivity contribution in [1.29, 1.82) is 0 Å². The molecule has 1 aliphatic rings. The summed E-state index contributed by atoms with van der Waals surface area (Å²) in [6.45, 7) is 3.14. The summed E-state index contributed by atoms with van der Waals surface area (Å²) in [4.78, 5) is 35.7. The molecule has 1 aliphatic carbocycles. The molecule has 1 fully saturated rings. The number of carbonyl (C=O) groups excluding carboxylic acids is 2. The van der Waals surface area contributed by atoms with E-state index < -0.39 is 75.7 Å². The third kappa shape index (κ3) is 29.5. The number of hydrogen-bond donors (Lipinski definition) is 6. The lowest BCUT2D eigenvalue weighted by Crippen LogP contribution is -2.64. The van der Waals surface area contributed by atoms with Crippen molar-refractivity contribution in [2.45, 2.75) is 211 Å². The van der Waals surface area contributed by atoms with Gasteiger partial charge in [-0.25, -0.2) is 4.57 Å². The number of aliphatic hydroxyl groups is 5. The largest absolute Gasteiger partial charge is 0.472 e. The molecule has 0 aromatic rings. The van der Waals surface area contributed by atoms with Gasteiger partial charge in [0.25, 0.3) is 0 Å². The maximum absolute atomic E-state index is 12.8. The fourth-order valence-electron chi connectivity index (χ4n) is 6.62. The van der Waals surface area contributed by atoms with E-state index in [9.17, 15) is 44.6 Å². The number of ether oxygens (including phenoxy) is 2. The highest BCUT2D eigenvalue weighted by Crippen LogP contribution is 2.47. The van der Waals surface area contributed by atoms with E-state index in [-0.39, 0.29) is 12.8 Å². The molecule has 14 heteroatoms. The Morgan fingerprint density at radius 3 is 1.44 bits per heavy atom. The van der Waals surface area contributed by atoms with Gasteiger partial charge in [-0.05, 0) is 77.0 Å². The van der Waals surface area contributed by atoms with Crippen LogP contribution in [0.1, 0.15) is 168 Å². The minimum Gasteiger partial charge on any atom is -0.462 e. The van der Waals surface area contributed by atoms with E-state index in [1.54, 1.807) is 0 Å². The van der Waals surface area contributed by atoms with Crippen LogP contribution in [-0.2, 0) is 32.7 Å². The summed E-state index contributed by atoms with van der Waals surface area (Å²) in [6, 6.07) is 0. The molecular weight excluding hydrogens is 803 g/mol. The number of esters is 2. The normalized spacial score (nSPS) is 22.6. The van der Waals surface area contributed by atoms with Crippen LogP contribution < -0.4 is 0 Å². The van der Waals surface area contributed by atoms with Gasteiger partial charge in [-0.15, -0.1) is 0 Å². The van der Waals surface area contributed by atoms with Crippen molar-refractivity contribution in [1.82, 2.24) is 0 Å². The standard InChI is InChI=1S/C47H81O13P/c1-3-5-7-9-11-13-15-17-19-20-22-23-25-27-29-31-33-35-40(48)57-37-39(38-58-61(55,56)60-47-45(53)43(51)42(50)44(52)46(47)54)59-41(49)36-34-32-30-28-26-24-21-18-16-14-12-10-8-6-4-2/h5,7,11,13-14,16-17,19,22-23,39,42-47,50-54H,3-4,6,8-10,12,15,18,20-21,24-38H2,1-2H3,(H,55,56)/b7-5-,13-11-,16-14-,19-17-,23-22-/t39-,42?,43-,44+,45-,46-,47?/m1/s1. The highest BCUT2D eigenvalue weighted by atomic mass is 31.2. The van der Waals surface area contributed by atoms with E-state index in [1.165, 1.54) is 32.1 Å². The fourth-order valence-corrected chi connectivity index (χ4v) is 7.60. The second-order valence-electron chi connectivity index (χ2n) is 15.9. The number of rotatable bonds is 37. The topological polar surface area (TPSA) is 210 Å². The van der Waals surface area contributed by atoms with Gasteiger partial charge < -0.3 is 39.9 Å². The van der Waals surface area contributed by atoms with Gasteiger partial charge in [0.05, 0.1) is 6.61 Å². The number of carbonyl (C=O) groups is 2. The number of unbranched alkanes of at least 4 members (excludes halogenated alkanes) is 15. The molecule has 8 atom stereocenters. The smallest absolute Gasteiger partial charge is 0.462 e. The Hall–Kier alpha value is -2.45. The molecular formula is C47H81O13P. The second-order valence-corrected chi connectivity index (χ2v) is 17.3. The van der Waals surface area contributed by atoms with Crippen LogP contribution in [-0.4, -0.2) is 98.3 Å². The first-order valence-corrected chi connectivity index (χ1v) is 24.6. The van der Waals surface area contributed by atoms with Gasteiger partial charge >= 0.3 is 19.8 Å². The van der Waals surface area contributed by atoms with Gasteiger partial charge in [-0.1, -0.05) is 139 Å². The number of hydrogen-bond acceptors (Lipinski definition) is 12. The van der Waals surface area contributed by atoms with Crippen LogP contribution in [0.5, 0.6) is 0 Å². The van der Waals surface area contributed by atoms with Crippen LogP contribution in [0.25, 0.3) is 0 Å². The Balaban J connectivity index is 2.48. The maximum Gasteiger partial charge on any atom is 0.472 e. The Morgan fingerprint density at radius 2 is 0.934 bits per heavy atom. The molecule has 0 bridgehead atoms. The first kappa shape index (κ1) is 56.6. The van der Waals surface area contributed by atoms with E-state index in [0.717, 1.165) is 96.3 Å². The Morgan fingerprint density at radius 1 is 0.525 bits per heavy atom. The lowest BCUT2D eigenvalue weighted by Gasteiger charge is -2.41. The summed E-state index contributed by atoms with van der Waals surface area (Å²) in [5.74, 6) is -1.14. The zero-order chi connectivity index (χ0) is 45.0. The van der Waals surface area contributed by atoms with Crippen molar-refractivity contribution in [3.05, 3.63) is 60.8 Å². The van der Waals surface area contributed by atoms with E-state index in [2.05, 4.69) is 74.6 Å². The van der Waals surface area contributed by atoms with E-state index in [4.69, 9.17) is 18.5 Å². The molecule has 0 aromatic heterocycles. The average molecular weight is 885 g/mol. The fraction of sp³-hybridized carbons (Fsp3) is 0.745. The van der Waals surface area contributed by atoms with Crippen molar-refractivity contribution in [3.8, 4) is 0 Å². The number of aliphatic hydroxyl groups excluding tert-OH is 5. The minimum atomic E-state index is -5.13. The molecule has 61 heavy (non-hydrogen) atoms. The van der Waals surface area contributed by atoms with Gasteiger partial charge in [-0.3, -0.25) is 18.6 Å². The lowest BCUT2D eigenvalue weighted by atomic mass is 9.85. The molecule has 1 rings (SSSR count). The average Bonchev–Trinajstić information content (AvgIpc) is 3.24. The van der Waals surface area contributed by atoms with Crippen LogP contribution >= 0.6 is 7.82 Å². The summed E-state index contributed by atoms with van der Waals surface area (Å²) in [5.41, 5.74) is 0. The van der Waals surface area contributed by atoms with E-state index in [1.807, 2.05) is 0 Å². The Labute approximate surface area is 366 Å². The quantitative estimate of drug-likeness (QED) is 0.0149. The SMILES string of the molecule is CC/C=C\C/C=C\C/C=C\C/C=C\CCCCCCC(=O)OC[C@H](COP(=O)(O)OC1[C@H](O)[C@H](O)C(O)[C@H](O)[C@H]1O)OC(=O)CCCCCCCCC/C=C\CCCCCC. The van der Waals surface area contributed by atoms with Crippen LogP contribution in [0.2, 0.25) is 0 Å². The van der Waals surface area contributed by atoms with Crippen LogP contribution in [0.4, 0.5) is 0 Å². The summed E-state index contributed by atoms with van der Waals surface area (Å²) >= 11 is 0. The molecule has 0 aromatic carbocycles. The summed E-state index contributed by atoms with van der Waals surface area (Å²) < 4.78 is 33.5. The molecule has 0 radical (unpaired) electrons. The molecule has 1 saturated carbocycles. The maximum atomic E-state index is 12.8. The molecule has 0 aliphatic heterocycles. The van der Waals surface area contributed by atoms with Crippen LogP contribution in [0.15, 0.2) is 60.8 Å². The Kier molecular flexibility index (Phi) is 34.3. The van der Waals surface area contributed by atoms with Crippen molar-refractivity contribution in [2.75, 3.05) is 13.2 Å². The van der Waals surface area contributed by atoms with Gasteiger partial charge in [0.1, 0.15) is 43.2 Å². The van der Waals surface area contributed by atoms with Crippen molar-refractivity contribution in [3.63, 3.8) is 0 Å². The Bertz CT molecular complexity index is 1300. The molecule has 6 N–H and O–H groups in total. The number of phosphoric ester groups is 1. The lowest BCUT2D eigenvalue weighted by molar-refractivity contribution is -0.220. The number of phosphoric acid groups is 1. The van der Waals surface area contributed by atoms with Crippen LogP contribution in [0, 0.1) is 0 Å². The van der Waals surface area contributed by atoms with Gasteiger partial charge in [0.2, 0.25) is 0 Å². The molecule has 0 saturated heterocycles. The minimum absolute atomic E-state index is 0.0836. The van der Waals surface area contributed by atoms with Crippen molar-refractivity contribution in [2.24, 2.45) is 0 Å². The predicted molar refractivity (Wildman–Crippen MR) is 239 cm³/mol. The van der Waals surface area contributed by atoms with Gasteiger partial charge in [0.15, 0.2) is 6.10 Å². The van der Waals surface area contributed by atoms with Crippen molar-refractivity contribution >= 4 is 19.8 Å². The third-order valence-electron chi connectivity index (χ3n) is 10.3. The molecule has 3 unspecified atom stereocenters. The van der Waals surface area contributed by atoms with Gasteiger partial charge in [-0.2, -0.15) is 0 Å². The summed E-state index contributed by atoms with van der Waals surface area (Å²) in [5, 5.41) is 50.1. The van der Waals surface area contributed by atoms with Crippen LogP contribution in [0.3, 0.4) is 0 Å². The van der Waals surface area contributed by atoms with Gasteiger partial charge in [0, 0.05) is 12.8 Å². The number of allylic oxidation sites excluding steroid dienone is 10. The van der Waals surface area contributed by atoms with E-state index in [0.29, 0.717) is 12.8 Å². The first-order valence-electron chi connectivity index (χ1n) is 23.1. The van der Waals surface area contributed by atoms with E-state index >= 15 is 0 Å². The summed E-state index contributed by atoms with van der Waals surface area (Å²) in [7, 11) is -5.13. The molecule has 0 amide bonds. The monoisotopic (exact) mass is 885 g/mol. The molecule has 0 spiro atoms. The molecule has 352 valence electrons. The third-order valence-corrected chi connectivity index (χ3v) is 11.3. The molecule has 0 heterocycles. The highest BCUT2D eigenvalue weighted by molar-refractivity contribution is 7.47. The first-order chi connectivity index (χ1) is 29.4.